The molecule has 1 heterocycles. The summed E-state index contributed by atoms with van der Waals surface area (Å²) in [4.78, 5) is 15.1. The number of aromatic nitrogens is 2. The van der Waals surface area contributed by atoms with E-state index in [0.29, 0.717) is 5.56 Å². The van der Waals surface area contributed by atoms with Crippen molar-refractivity contribution in [3.05, 3.63) is 35.5 Å². The van der Waals surface area contributed by atoms with E-state index in [1.165, 1.54) is 12.1 Å². The van der Waals surface area contributed by atoms with Gasteiger partial charge in [0.25, 0.3) is 0 Å². The van der Waals surface area contributed by atoms with Gasteiger partial charge < -0.3 is 9.63 Å². The highest BCUT2D eigenvalue weighted by molar-refractivity contribution is 5.70. The van der Waals surface area contributed by atoms with E-state index in [1.807, 2.05) is 6.92 Å². The summed E-state index contributed by atoms with van der Waals surface area (Å²) in [5, 5.41) is 12.8. The summed E-state index contributed by atoms with van der Waals surface area (Å²) in [6, 6.07) is 4.31. The zero-order valence-corrected chi connectivity index (χ0v) is 11.4. The molecule has 106 valence electrons. The number of nitrogens with zero attached hydrogens (tertiary/aromatic N) is 2. The summed E-state index contributed by atoms with van der Waals surface area (Å²) >= 11 is 0. The zero-order valence-electron chi connectivity index (χ0n) is 11.4. The molecule has 20 heavy (non-hydrogen) atoms. The molecule has 5 nitrogen and oxygen atoms in total. The number of aliphatic carboxylic acids is 1. The Kier molecular flexibility index (Phi) is 3.83. The molecule has 1 N–H and O–H groups in total. The van der Waals surface area contributed by atoms with Crippen molar-refractivity contribution in [2.24, 2.45) is 5.92 Å². The SMILES string of the molecule is Cc1ccc(F)cc1-c1noc(C(C)C(C)C(=O)O)n1. The molecule has 0 amide bonds. The molecule has 2 rings (SSSR count). The molecule has 0 radical (unpaired) electrons. The fourth-order valence-electron chi connectivity index (χ4n) is 1.79. The Labute approximate surface area is 115 Å². The van der Waals surface area contributed by atoms with E-state index in [9.17, 15) is 9.18 Å². The largest absolute Gasteiger partial charge is 0.481 e. The van der Waals surface area contributed by atoms with Crippen LogP contribution < -0.4 is 0 Å². The van der Waals surface area contributed by atoms with Gasteiger partial charge in [-0.05, 0) is 24.6 Å². The van der Waals surface area contributed by atoms with Gasteiger partial charge >= 0.3 is 5.97 Å². The molecule has 6 heteroatoms. The molecule has 0 bridgehead atoms. The third-order valence-corrected chi connectivity index (χ3v) is 3.41. The van der Waals surface area contributed by atoms with E-state index in [2.05, 4.69) is 10.1 Å². The van der Waals surface area contributed by atoms with Gasteiger partial charge in [-0.25, -0.2) is 4.39 Å². The first-order valence-electron chi connectivity index (χ1n) is 6.23. The molecule has 2 aromatic rings. The third kappa shape index (κ3) is 2.68. The van der Waals surface area contributed by atoms with Gasteiger partial charge in [0.2, 0.25) is 11.7 Å². The molecule has 0 aliphatic rings. The van der Waals surface area contributed by atoms with Crippen LogP contribution >= 0.6 is 0 Å². The number of hydrogen-bond acceptors (Lipinski definition) is 4. The average Bonchev–Trinajstić information content (AvgIpc) is 2.89. The summed E-state index contributed by atoms with van der Waals surface area (Å²) in [6.45, 7) is 5.09. The summed E-state index contributed by atoms with van der Waals surface area (Å²) in [6.07, 6.45) is 0. The second-order valence-electron chi connectivity index (χ2n) is 4.83. The normalized spacial score (nSPS) is 14.0. The van der Waals surface area contributed by atoms with Crippen molar-refractivity contribution in [3.8, 4) is 11.4 Å². The standard InChI is InChI=1S/C14H15FN2O3/c1-7-4-5-10(15)6-11(7)12-16-13(20-17-12)8(2)9(3)14(18)19/h4-6,8-9H,1-3H3,(H,18,19). The Balaban J connectivity index is 2.33. The van der Waals surface area contributed by atoms with Crippen LogP contribution in [-0.2, 0) is 4.79 Å². The van der Waals surface area contributed by atoms with Crippen LogP contribution in [0.25, 0.3) is 11.4 Å². The van der Waals surface area contributed by atoms with Crippen LogP contribution in [0.5, 0.6) is 0 Å². The van der Waals surface area contributed by atoms with Crippen LogP contribution in [0.2, 0.25) is 0 Å². The first kappa shape index (κ1) is 14.2. The Morgan fingerprint density at radius 3 is 2.75 bits per heavy atom. The highest BCUT2D eigenvalue weighted by atomic mass is 19.1. The van der Waals surface area contributed by atoms with E-state index < -0.39 is 17.8 Å². The van der Waals surface area contributed by atoms with Gasteiger partial charge in [0.05, 0.1) is 5.92 Å². The number of carboxylic acids is 1. The van der Waals surface area contributed by atoms with Gasteiger partial charge in [0.1, 0.15) is 5.82 Å². The third-order valence-electron chi connectivity index (χ3n) is 3.41. The maximum Gasteiger partial charge on any atom is 0.307 e. The molecule has 1 aromatic carbocycles. The number of benzene rings is 1. The molecular formula is C14H15FN2O3. The molecule has 0 aliphatic heterocycles. The molecule has 0 fully saturated rings. The van der Waals surface area contributed by atoms with Gasteiger partial charge in [-0.1, -0.05) is 25.1 Å². The van der Waals surface area contributed by atoms with Gasteiger partial charge in [-0.15, -0.1) is 0 Å². The lowest BCUT2D eigenvalue weighted by Gasteiger charge is -2.10. The van der Waals surface area contributed by atoms with Gasteiger partial charge in [0.15, 0.2) is 0 Å². The maximum atomic E-state index is 13.3. The molecule has 1 aromatic heterocycles. The van der Waals surface area contributed by atoms with Gasteiger partial charge in [-0.3, -0.25) is 4.79 Å². The summed E-state index contributed by atoms with van der Waals surface area (Å²) in [5.41, 5.74) is 1.35. The lowest BCUT2D eigenvalue weighted by Crippen LogP contribution is -2.16. The minimum atomic E-state index is -0.931. The van der Waals surface area contributed by atoms with Crippen LogP contribution in [0.1, 0.15) is 31.2 Å². The van der Waals surface area contributed by atoms with Gasteiger partial charge in [-0.2, -0.15) is 4.98 Å². The lowest BCUT2D eigenvalue weighted by molar-refractivity contribution is -0.141. The van der Waals surface area contributed by atoms with Crippen molar-refractivity contribution in [1.29, 1.82) is 0 Å². The Morgan fingerprint density at radius 2 is 2.10 bits per heavy atom. The second-order valence-corrected chi connectivity index (χ2v) is 4.83. The molecule has 0 saturated heterocycles. The molecule has 0 spiro atoms. The average molecular weight is 278 g/mol. The van der Waals surface area contributed by atoms with Crippen LogP contribution in [0, 0.1) is 18.7 Å². The minimum absolute atomic E-state index is 0.235. The minimum Gasteiger partial charge on any atom is -0.481 e. The van der Waals surface area contributed by atoms with Crippen molar-refractivity contribution in [2.75, 3.05) is 0 Å². The molecule has 0 aliphatic carbocycles. The molecule has 0 saturated carbocycles. The number of carboxylic acid groups (broad SMARTS) is 1. The highest BCUT2D eigenvalue weighted by Gasteiger charge is 2.26. The molecule has 2 unspecified atom stereocenters. The lowest BCUT2D eigenvalue weighted by atomic mass is 9.96. The quantitative estimate of drug-likeness (QED) is 0.930. The predicted molar refractivity (Wildman–Crippen MR) is 69.6 cm³/mol. The molecular weight excluding hydrogens is 263 g/mol. The van der Waals surface area contributed by atoms with Crippen LogP contribution in [0.4, 0.5) is 4.39 Å². The predicted octanol–water partition coefficient (Wildman–Crippen LogP) is 3.01. The van der Waals surface area contributed by atoms with E-state index in [4.69, 9.17) is 9.63 Å². The van der Waals surface area contributed by atoms with Crippen molar-refractivity contribution in [3.63, 3.8) is 0 Å². The number of halogens is 1. The fraction of sp³-hybridized carbons (Fsp3) is 0.357. The summed E-state index contributed by atoms with van der Waals surface area (Å²) in [5.74, 6) is -1.87. The van der Waals surface area contributed by atoms with Crippen LogP contribution in [-0.4, -0.2) is 21.2 Å². The van der Waals surface area contributed by atoms with Crippen LogP contribution in [0.3, 0.4) is 0 Å². The second kappa shape index (κ2) is 5.40. The monoisotopic (exact) mass is 278 g/mol. The van der Waals surface area contributed by atoms with Crippen molar-refractivity contribution < 1.29 is 18.8 Å². The summed E-state index contributed by atoms with van der Waals surface area (Å²) < 4.78 is 18.4. The van der Waals surface area contributed by atoms with E-state index in [1.54, 1.807) is 19.9 Å². The number of hydrogen-bond donors (Lipinski definition) is 1. The maximum absolute atomic E-state index is 13.3. The zero-order chi connectivity index (χ0) is 14.9. The van der Waals surface area contributed by atoms with Crippen molar-refractivity contribution in [1.82, 2.24) is 10.1 Å². The Morgan fingerprint density at radius 1 is 1.40 bits per heavy atom. The molecule has 2 atom stereocenters. The summed E-state index contributed by atoms with van der Waals surface area (Å²) in [7, 11) is 0. The first-order chi connectivity index (χ1) is 9.40. The smallest absolute Gasteiger partial charge is 0.307 e. The topological polar surface area (TPSA) is 76.2 Å². The Bertz CT molecular complexity index is 639. The number of aryl methyl sites for hydroxylation is 1. The van der Waals surface area contributed by atoms with Gasteiger partial charge in [0, 0.05) is 11.5 Å². The number of rotatable bonds is 4. The highest BCUT2D eigenvalue weighted by Crippen LogP contribution is 2.27. The van der Waals surface area contributed by atoms with E-state index in [-0.39, 0.29) is 17.5 Å². The fourth-order valence-corrected chi connectivity index (χ4v) is 1.79. The van der Waals surface area contributed by atoms with Crippen molar-refractivity contribution >= 4 is 5.97 Å². The van der Waals surface area contributed by atoms with Crippen molar-refractivity contribution in [2.45, 2.75) is 26.7 Å². The number of carbonyl (C=O) groups is 1. The Hall–Kier alpha value is -2.24. The van der Waals surface area contributed by atoms with E-state index >= 15 is 0 Å². The van der Waals surface area contributed by atoms with E-state index in [0.717, 1.165) is 5.56 Å². The van der Waals surface area contributed by atoms with Crippen LogP contribution in [0.15, 0.2) is 22.7 Å². The first-order valence-corrected chi connectivity index (χ1v) is 6.23.